The minimum atomic E-state index is -0.586. The van der Waals surface area contributed by atoms with Gasteiger partial charge in [0.25, 0.3) is 5.91 Å². The third-order valence-electron chi connectivity index (χ3n) is 3.84. The van der Waals surface area contributed by atoms with Gasteiger partial charge in [0, 0.05) is 10.6 Å². The van der Waals surface area contributed by atoms with E-state index in [4.69, 9.17) is 4.74 Å². The number of carbonyl (C=O) groups is 3. The monoisotopic (exact) mass is 370 g/mol. The average Bonchev–Trinajstić information content (AvgIpc) is 2.62. The van der Waals surface area contributed by atoms with Crippen LogP contribution in [0.25, 0.3) is 0 Å². The molecule has 0 radical (unpaired) electrons. The number of hydrogen-bond donors (Lipinski definition) is 2. The van der Waals surface area contributed by atoms with E-state index in [-0.39, 0.29) is 18.9 Å². The number of rotatable bonds is 5. The predicted molar refractivity (Wildman–Crippen MR) is 100 cm³/mol. The lowest BCUT2D eigenvalue weighted by molar-refractivity contribution is -0.147. The van der Waals surface area contributed by atoms with Crippen LogP contribution in [-0.4, -0.2) is 29.6 Å². The molecule has 1 atom stereocenters. The summed E-state index contributed by atoms with van der Waals surface area (Å²) in [4.78, 5) is 36.9. The van der Waals surface area contributed by atoms with Crippen LogP contribution >= 0.6 is 11.8 Å². The van der Waals surface area contributed by atoms with Gasteiger partial charge in [0.2, 0.25) is 5.91 Å². The molecule has 2 aromatic carbocycles. The number of nitrogens with one attached hydrogen (secondary N) is 2. The molecule has 0 spiro atoms. The fourth-order valence-corrected chi connectivity index (χ4v) is 3.58. The summed E-state index contributed by atoms with van der Waals surface area (Å²) in [5.74, 6) is -1.24. The van der Waals surface area contributed by atoms with Gasteiger partial charge >= 0.3 is 5.97 Å². The van der Waals surface area contributed by atoms with E-state index < -0.39 is 17.1 Å². The van der Waals surface area contributed by atoms with E-state index in [0.29, 0.717) is 5.69 Å². The van der Waals surface area contributed by atoms with Gasteiger partial charge in [0.05, 0.1) is 17.4 Å². The molecule has 26 heavy (non-hydrogen) atoms. The first-order valence-corrected chi connectivity index (χ1v) is 8.98. The van der Waals surface area contributed by atoms with Crippen LogP contribution < -0.4 is 10.6 Å². The summed E-state index contributed by atoms with van der Waals surface area (Å²) in [6.07, 6.45) is -0.0948. The maximum atomic E-state index is 12.1. The van der Waals surface area contributed by atoms with Gasteiger partial charge in [-0.2, -0.15) is 0 Å². The van der Waals surface area contributed by atoms with E-state index in [0.717, 1.165) is 16.1 Å². The first-order chi connectivity index (χ1) is 12.5. The summed E-state index contributed by atoms with van der Waals surface area (Å²) in [6.45, 7) is 1.49. The van der Waals surface area contributed by atoms with Crippen molar-refractivity contribution in [2.75, 3.05) is 17.2 Å². The van der Waals surface area contributed by atoms with Gasteiger partial charge in [-0.25, -0.2) is 0 Å². The van der Waals surface area contributed by atoms with Gasteiger partial charge in [-0.05, 0) is 30.7 Å². The van der Waals surface area contributed by atoms with Crippen molar-refractivity contribution in [2.24, 2.45) is 0 Å². The van der Waals surface area contributed by atoms with Crippen molar-refractivity contribution in [3.63, 3.8) is 0 Å². The summed E-state index contributed by atoms with van der Waals surface area (Å²) in [7, 11) is 0. The highest BCUT2D eigenvalue weighted by Gasteiger charge is 2.29. The summed E-state index contributed by atoms with van der Waals surface area (Å²) >= 11 is 1.32. The normalized spacial score (nSPS) is 15.6. The van der Waals surface area contributed by atoms with Gasteiger partial charge in [-0.3, -0.25) is 14.4 Å². The molecule has 2 N–H and O–H groups in total. The van der Waals surface area contributed by atoms with Crippen LogP contribution in [0.2, 0.25) is 0 Å². The Balaban J connectivity index is 1.49. The predicted octanol–water partition coefficient (Wildman–Crippen LogP) is 2.98. The Labute approximate surface area is 155 Å². The lowest BCUT2D eigenvalue weighted by atomic mass is 10.2. The number of fused-ring (bicyclic) bond motifs is 1. The molecule has 0 aromatic heterocycles. The van der Waals surface area contributed by atoms with Crippen LogP contribution in [0.4, 0.5) is 11.4 Å². The Morgan fingerprint density at radius 1 is 1.15 bits per heavy atom. The smallest absolute Gasteiger partial charge is 0.307 e. The maximum absolute atomic E-state index is 12.1. The second-order valence-electron chi connectivity index (χ2n) is 5.82. The van der Waals surface area contributed by atoms with E-state index in [1.54, 1.807) is 6.07 Å². The Hall–Kier alpha value is -2.80. The molecule has 1 heterocycles. The number of amides is 2. The Kier molecular flexibility index (Phi) is 5.58. The van der Waals surface area contributed by atoms with Crippen LogP contribution in [0.3, 0.4) is 0 Å². The van der Waals surface area contributed by atoms with Crippen molar-refractivity contribution in [3.05, 3.63) is 54.1 Å². The summed E-state index contributed by atoms with van der Waals surface area (Å²) in [5.41, 5.74) is 2.33. The van der Waals surface area contributed by atoms with E-state index in [1.165, 1.54) is 11.8 Å². The Bertz CT molecular complexity index is 853. The van der Waals surface area contributed by atoms with Crippen LogP contribution in [-0.2, 0) is 19.1 Å². The minimum absolute atomic E-state index is 0.0948. The second kappa shape index (κ2) is 8.05. The molecule has 6 nitrogen and oxygen atoms in total. The molecule has 2 amide bonds. The summed E-state index contributed by atoms with van der Waals surface area (Å²) in [6, 6.07) is 14.7. The van der Waals surface area contributed by atoms with Crippen LogP contribution in [0.1, 0.15) is 12.0 Å². The average molecular weight is 370 g/mol. The number of anilines is 2. The highest BCUT2D eigenvalue weighted by atomic mass is 32.2. The number of carbonyl (C=O) groups excluding carboxylic acids is 3. The van der Waals surface area contributed by atoms with Crippen LogP contribution in [0.15, 0.2) is 53.4 Å². The minimum Gasteiger partial charge on any atom is -0.456 e. The maximum Gasteiger partial charge on any atom is 0.307 e. The molecule has 0 unspecified atom stereocenters. The molecule has 0 saturated heterocycles. The fourth-order valence-electron chi connectivity index (χ4n) is 2.48. The SMILES string of the molecule is Cc1ccccc1NC(=O)COC(=O)C[C@H]1Sc2ccccc2NC1=O. The molecule has 0 aliphatic carbocycles. The van der Waals surface area contributed by atoms with Gasteiger partial charge in [0.15, 0.2) is 6.61 Å². The molecule has 2 aromatic rings. The molecule has 3 rings (SSSR count). The second-order valence-corrected chi connectivity index (χ2v) is 7.06. The van der Waals surface area contributed by atoms with Crippen molar-refractivity contribution in [1.82, 2.24) is 0 Å². The van der Waals surface area contributed by atoms with Gasteiger partial charge in [0.1, 0.15) is 0 Å². The lowest BCUT2D eigenvalue weighted by Gasteiger charge is -2.23. The number of esters is 1. The summed E-state index contributed by atoms with van der Waals surface area (Å²) in [5, 5.41) is 4.89. The zero-order chi connectivity index (χ0) is 18.5. The molecule has 0 fully saturated rings. The highest BCUT2D eigenvalue weighted by Crippen LogP contribution is 2.36. The fraction of sp³-hybridized carbons (Fsp3) is 0.211. The van der Waals surface area contributed by atoms with Gasteiger partial charge < -0.3 is 15.4 Å². The van der Waals surface area contributed by atoms with E-state index in [2.05, 4.69) is 10.6 Å². The number of benzene rings is 2. The van der Waals surface area contributed by atoms with Gasteiger partial charge in [-0.15, -0.1) is 11.8 Å². The zero-order valence-electron chi connectivity index (χ0n) is 14.2. The topological polar surface area (TPSA) is 84.5 Å². The number of para-hydroxylation sites is 2. The van der Waals surface area contributed by atoms with Crippen molar-refractivity contribution in [3.8, 4) is 0 Å². The first kappa shape index (κ1) is 18.0. The van der Waals surface area contributed by atoms with Crippen molar-refractivity contribution in [1.29, 1.82) is 0 Å². The largest absolute Gasteiger partial charge is 0.456 e. The van der Waals surface area contributed by atoms with Crippen LogP contribution in [0, 0.1) is 6.92 Å². The third-order valence-corrected chi connectivity index (χ3v) is 5.12. The summed E-state index contributed by atoms with van der Waals surface area (Å²) < 4.78 is 5.01. The molecular formula is C19H18N2O4S. The Morgan fingerprint density at radius 3 is 2.69 bits per heavy atom. The molecule has 0 saturated carbocycles. The van der Waals surface area contributed by atoms with Crippen molar-refractivity contribution < 1.29 is 19.1 Å². The number of thioether (sulfide) groups is 1. The molecular weight excluding hydrogens is 352 g/mol. The van der Waals surface area contributed by atoms with Crippen molar-refractivity contribution in [2.45, 2.75) is 23.5 Å². The molecule has 134 valence electrons. The van der Waals surface area contributed by atoms with Crippen molar-refractivity contribution >= 4 is 40.9 Å². The standard InChI is InChI=1S/C19H18N2O4S/c1-12-6-2-3-7-13(12)20-17(22)11-25-18(23)10-16-19(24)21-14-8-4-5-9-15(14)26-16/h2-9,16H,10-11H2,1H3,(H,20,22)(H,21,24)/t16-/m1/s1. The van der Waals surface area contributed by atoms with Crippen LogP contribution in [0.5, 0.6) is 0 Å². The molecule has 1 aliphatic rings. The molecule has 0 bridgehead atoms. The van der Waals surface area contributed by atoms with E-state index >= 15 is 0 Å². The number of ether oxygens (including phenoxy) is 1. The molecule has 7 heteroatoms. The lowest BCUT2D eigenvalue weighted by Crippen LogP contribution is -2.32. The van der Waals surface area contributed by atoms with E-state index in [9.17, 15) is 14.4 Å². The molecule has 1 aliphatic heterocycles. The third kappa shape index (κ3) is 4.43. The van der Waals surface area contributed by atoms with E-state index in [1.807, 2.05) is 49.4 Å². The highest BCUT2D eigenvalue weighted by molar-refractivity contribution is 8.01. The van der Waals surface area contributed by atoms with Gasteiger partial charge in [-0.1, -0.05) is 30.3 Å². The first-order valence-electron chi connectivity index (χ1n) is 8.10. The Morgan fingerprint density at radius 2 is 1.88 bits per heavy atom. The number of aryl methyl sites for hydroxylation is 1. The quantitative estimate of drug-likeness (QED) is 0.791. The number of hydrogen-bond acceptors (Lipinski definition) is 5. The zero-order valence-corrected chi connectivity index (χ0v) is 15.0.